The van der Waals surface area contributed by atoms with E-state index in [0.29, 0.717) is 12.5 Å². The van der Waals surface area contributed by atoms with Crippen LogP contribution in [0.2, 0.25) is 0 Å². The molecule has 8 heteroatoms. The average Bonchev–Trinajstić information content (AvgIpc) is 2.36. The van der Waals surface area contributed by atoms with Crippen LogP contribution in [0.25, 0.3) is 0 Å². The molecular formula is C13H16F3N3O2. The topological polar surface area (TPSA) is 89.4 Å². The van der Waals surface area contributed by atoms with Gasteiger partial charge in [-0.05, 0) is 24.6 Å². The number of halogens is 3. The molecule has 0 aromatic heterocycles. The lowest BCUT2D eigenvalue weighted by Gasteiger charge is -2.30. The van der Waals surface area contributed by atoms with Gasteiger partial charge in [0.1, 0.15) is 0 Å². The molecule has 1 aromatic rings. The molecule has 0 fully saturated rings. The third-order valence-corrected chi connectivity index (χ3v) is 3.04. The number of carbonyl (C=O) groups excluding carboxylic acids is 2. The van der Waals surface area contributed by atoms with Gasteiger partial charge in [-0.25, -0.2) is 0 Å². The second-order valence-corrected chi connectivity index (χ2v) is 4.92. The van der Waals surface area contributed by atoms with Gasteiger partial charge in [0.05, 0.1) is 0 Å². The maximum Gasteiger partial charge on any atom is 0.415 e. The lowest BCUT2D eigenvalue weighted by Crippen LogP contribution is -2.61. The van der Waals surface area contributed by atoms with Gasteiger partial charge in [-0.1, -0.05) is 12.1 Å². The molecule has 0 aliphatic heterocycles. The predicted octanol–water partition coefficient (Wildman–Crippen LogP) is 1.02. The van der Waals surface area contributed by atoms with Crippen LogP contribution >= 0.6 is 0 Å². The number of nitrogens with two attached hydrogens (primary N) is 2. The highest BCUT2D eigenvalue weighted by Crippen LogP contribution is 2.29. The summed E-state index contributed by atoms with van der Waals surface area (Å²) in [6.45, 7) is 0.558. The molecule has 4 N–H and O–H groups in total. The Hall–Kier alpha value is -2.09. The Balaban J connectivity index is 2.84. The van der Waals surface area contributed by atoms with Crippen LogP contribution in [-0.2, 0) is 11.3 Å². The van der Waals surface area contributed by atoms with Crippen LogP contribution in [0.5, 0.6) is 0 Å². The van der Waals surface area contributed by atoms with E-state index in [9.17, 15) is 22.8 Å². The van der Waals surface area contributed by atoms with Crippen molar-refractivity contribution in [3.05, 3.63) is 35.4 Å². The van der Waals surface area contributed by atoms with Crippen LogP contribution in [0.1, 0.15) is 22.8 Å². The van der Waals surface area contributed by atoms with E-state index in [2.05, 4.69) is 0 Å². The van der Waals surface area contributed by atoms with Crippen molar-refractivity contribution in [3.8, 4) is 0 Å². The van der Waals surface area contributed by atoms with E-state index in [4.69, 9.17) is 11.5 Å². The number of amides is 2. The molecule has 0 saturated carbocycles. The van der Waals surface area contributed by atoms with E-state index in [-0.39, 0.29) is 12.1 Å². The van der Waals surface area contributed by atoms with Gasteiger partial charge < -0.3 is 16.4 Å². The largest absolute Gasteiger partial charge is 0.415 e. The Bertz CT molecular complexity index is 539. The van der Waals surface area contributed by atoms with Gasteiger partial charge >= 0.3 is 6.18 Å². The molecule has 1 unspecified atom stereocenters. The third kappa shape index (κ3) is 3.72. The second-order valence-electron chi connectivity index (χ2n) is 4.92. The molecule has 0 aliphatic carbocycles. The fourth-order valence-corrected chi connectivity index (χ4v) is 1.64. The number of carbonyl (C=O) groups is 2. The number of nitrogens with zero attached hydrogens (tertiary/aromatic N) is 1. The van der Waals surface area contributed by atoms with E-state index in [1.807, 2.05) is 0 Å². The monoisotopic (exact) mass is 303 g/mol. The molecule has 2 amide bonds. The predicted molar refractivity (Wildman–Crippen MR) is 70.1 cm³/mol. The quantitative estimate of drug-likeness (QED) is 0.870. The van der Waals surface area contributed by atoms with Gasteiger partial charge in [0.25, 0.3) is 5.91 Å². The van der Waals surface area contributed by atoms with Gasteiger partial charge in [0, 0.05) is 19.2 Å². The van der Waals surface area contributed by atoms with Crippen LogP contribution < -0.4 is 11.5 Å². The molecule has 5 nitrogen and oxygen atoms in total. The van der Waals surface area contributed by atoms with Crippen molar-refractivity contribution in [1.82, 2.24) is 4.90 Å². The number of alkyl halides is 3. The number of hydrogen-bond acceptors (Lipinski definition) is 3. The molecule has 1 aromatic carbocycles. The van der Waals surface area contributed by atoms with Gasteiger partial charge in [0.2, 0.25) is 5.91 Å². The summed E-state index contributed by atoms with van der Waals surface area (Å²) >= 11 is 0. The van der Waals surface area contributed by atoms with Gasteiger partial charge in [-0.15, -0.1) is 0 Å². The zero-order valence-corrected chi connectivity index (χ0v) is 11.6. The summed E-state index contributed by atoms with van der Waals surface area (Å²) in [5.74, 6) is -1.86. The summed E-state index contributed by atoms with van der Waals surface area (Å²) in [6, 6.07) is 5.87. The SMILES string of the molecule is CN(Cc1ccc(C(N)=O)cc1)C(=O)C(C)(N)C(F)(F)F. The van der Waals surface area contributed by atoms with E-state index in [1.165, 1.54) is 31.3 Å². The van der Waals surface area contributed by atoms with E-state index < -0.39 is 23.5 Å². The molecule has 0 spiro atoms. The van der Waals surface area contributed by atoms with Crippen molar-refractivity contribution < 1.29 is 22.8 Å². The van der Waals surface area contributed by atoms with Crippen LogP contribution in [-0.4, -0.2) is 35.5 Å². The van der Waals surface area contributed by atoms with Gasteiger partial charge in [0.15, 0.2) is 5.54 Å². The molecule has 0 bridgehead atoms. The zero-order valence-electron chi connectivity index (χ0n) is 11.6. The Morgan fingerprint density at radius 3 is 2.05 bits per heavy atom. The second kappa shape index (κ2) is 5.72. The molecule has 21 heavy (non-hydrogen) atoms. The minimum atomic E-state index is -4.84. The zero-order chi connectivity index (χ0) is 16.4. The fourth-order valence-electron chi connectivity index (χ4n) is 1.64. The maximum absolute atomic E-state index is 12.7. The highest BCUT2D eigenvalue weighted by Gasteiger charge is 2.54. The first-order chi connectivity index (χ1) is 9.46. The summed E-state index contributed by atoms with van der Waals surface area (Å²) in [6.07, 6.45) is -4.84. The Morgan fingerprint density at radius 2 is 1.67 bits per heavy atom. The Morgan fingerprint density at radius 1 is 1.19 bits per heavy atom. The van der Waals surface area contributed by atoms with E-state index >= 15 is 0 Å². The van der Waals surface area contributed by atoms with Crippen LogP contribution in [0.4, 0.5) is 13.2 Å². The lowest BCUT2D eigenvalue weighted by atomic mass is 10.0. The molecule has 116 valence electrons. The molecular weight excluding hydrogens is 287 g/mol. The Kier molecular flexibility index (Phi) is 4.62. The van der Waals surface area contributed by atoms with Crippen molar-refractivity contribution in [3.63, 3.8) is 0 Å². The maximum atomic E-state index is 12.7. The van der Waals surface area contributed by atoms with Gasteiger partial charge in [-0.3, -0.25) is 9.59 Å². The Labute approximate surface area is 119 Å². The minimum absolute atomic E-state index is 0.0687. The van der Waals surface area contributed by atoms with Crippen molar-refractivity contribution >= 4 is 11.8 Å². The molecule has 1 atom stereocenters. The molecule has 0 aliphatic rings. The first-order valence-electron chi connectivity index (χ1n) is 5.96. The minimum Gasteiger partial charge on any atom is -0.366 e. The third-order valence-electron chi connectivity index (χ3n) is 3.04. The molecule has 0 heterocycles. The number of primary amides is 1. The highest BCUT2D eigenvalue weighted by atomic mass is 19.4. The van der Waals surface area contributed by atoms with E-state index in [1.54, 1.807) is 0 Å². The molecule has 1 rings (SSSR count). The summed E-state index contributed by atoms with van der Waals surface area (Å²) in [5.41, 5.74) is 8.02. The number of rotatable bonds is 4. The average molecular weight is 303 g/mol. The van der Waals surface area contributed by atoms with Crippen LogP contribution in [0.15, 0.2) is 24.3 Å². The summed E-state index contributed by atoms with van der Waals surface area (Å²) in [4.78, 5) is 23.6. The molecule has 0 radical (unpaired) electrons. The fraction of sp³-hybridized carbons (Fsp3) is 0.385. The van der Waals surface area contributed by atoms with Crippen LogP contribution in [0.3, 0.4) is 0 Å². The van der Waals surface area contributed by atoms with Gasteiger partial charge in [-0.2, -0.15) is 13.2 Å². The molecule has 0 saturated heterocycles. The smallest absolute Gasteiger partial charge is 0.366 e. The normalized spacial score (nSPS) is 14.4. The number of likely N-dealkylation sites (N-methyl/N-ethyl adjacent to an activating group) is 1. The first kappa shape index (κ1) is 17.0. The van der Waals surface area contributed by atoms with Crippen molar-refractivity contribution in [2.24, 2.45) is 11.5 Å². The van der Waals surface area contributed by atoms with E-state index in [0.717, 1.165) is 4.90 Å². The lowest BCUT2D eigenvalue weighted by molar-refractivity contribution is -0.193. The van der Waals surface area contributed by atoms with Crippen molar-refractivity contribution in [2.75, 3.05) is 7.05 Å². The summed E-state index contributed by atoms with van der Waals surface area (Å²) in [5, 5.41) is 0. The first-order valence-corrected chi connectivity index (χ1v) is 5.96. The summed E-state index contributed by atoms with van der Waals surface area (Å²) in [7, 11) is 1.22. The standard InChI is InChI=1S/C13H16F3N3O2/c1-12(18,13(14,15)16)11(21)19(2)7-8-3-5-9(6-4-8)10(17)20/h3-6H,7,18H2,1-2H3,(H2,17,20). The number of hydrogen-bond donors (Lipinski definition) is 2. The number of benzene rings is 1. The van der Waals surface area contributed by atoms with Crippen LogP contribution in [0, 0.1) is 0 Å². The van der Waals surface area contributed by atoms with Crippen molar-refractivity contribution in [1.29, 1.82) is 0 Å². The van der Waals surface area contributed by atoms with Crippen molar-refractivity contribution in [2.45, 2.75) is 25.2 Å². The highest BCUT2D eigenvalue weighted by molar-refractivity contribution is 5.92. The summed E-state index contributed by atoms with van der Waals surface area (Å²) < 4.78 is 38.1.